The van der Waals surface area contributed by atoms with Gasteiger partial charge in [-0.15, -0.1) is 0 Å². The molecule has 0 bridgehead atoms. The number of hydrogen-bond acceptors (Lipinski definition) is 3. The van der Waals surface area contributed by atoms with Crippen LogP contribution in [0.2, 0.25) is 5.02 Å². The molecule has 5 heteroatoms. The Balaban J connectivity index is 1.84. The van der Waals surface area contributed by atoms with Gasteiger partial charge in [0.05, 0.1) is 17.3 Å². The van der Waals surface area contributed by atoms with E-state index in [0.29, 0.717) is 16.5 Å². The molecule has 4 nitrogen and oxygen atoms in total. The zero-order valence-corrected chi connectivity index (χ0v) is 11.2. The highest BCUT2D eigenvalue weighted by Gasteiger charge is 2.12. The van der Waals surface area contributed by atoms with E-state index in [0.717, 1.165) is 0 Å². The van der Waals surface area contributed by atoms with E-state index in [2.05, 4.69) is 5.32 Å². The van der Waals surface area contributed by atoms with E-state index >= 15 is 0 Å². The molecule has 2 rings (SSSR count). The predicted octanol–water partition coefficient (Wildman–Crippen LogP) is 3.19. The molecule has 2 aromatic rings. The van der Waals surface area contributed by atoms with E-state index < -0.39 is 0 Å². The van der Waals surface area contributed by atoms with Crippen LogP contribution in [0.5, 0.6) is 5.75 Å². The summed E-state index contributed by atoms with van der Waals surface area (Å²) in [5.74, 6) is 0.958. The minimum absolute atomic E-state index is 0.0885. The standard InChI is InChI=1S/C14H14ClNO3/c1-10(12-7-4-8-18-12)16-14(17)9-19-13-6-3-2-5-11(13)15/h2-8,10H,9H2,1H3,(H,16,17). The second-order valence-electron chi connectivity index (χ2n) is 4.02. The molecule has 0 aliphatic carbocycles. The maximum Gasteiger partial charge on any atom is 0.258 e. The van der Waals surface area contributed by atoms with Crippen LogP contribution < -0.4 is 10.1 Å². The zero-order valence-electron chi connectivity index (χ0n) is 10.4. The lowest BCUT2D eigenvalue weighted by Gasteiger charge is -2.12. The Morgan fingerprint density at radius 2 is 2.16 bits per heavy atom. The minimum Gasteiger partial charge on any atom is -0.482 e. The van der Waals surface area contributed by atoms with Gasteiger partial charge in [0.25, 0.3) is 5.91 Å². The van der Waals surface area contributed by atoms with Crippen LogP contribution in [0.3, 0.4) is 0 Å². The average Bonchev–Trinajstić information content (AvgIpc) is 2.91. The maximum absolute atomic E-state index is 11.7. The Morgan fingerprint density at radius 1 is 1.37 bits per heavy atom. The molecule has 0 aliphatic rings. The molecule has 0 fully saturated rings. The van der Waals surface area contributed by atoms with Crippen molar-refractivity contribution >= 4 is 17.5 Å². The lowest BCUT2D eigenvalue weighted by atomic mass is 10.2. The molecule has 0 radical (unpaired) electrons. The van der Waals surface area contributed by atoms with Crippen LogP contribution in [0.4, 0.5) is 0 Å². The van der Waals surface area contributed by atoms with Crippen LogP contribution in [0.1, 0.15) is 18.7 Å². The molecule has 0 saturated carbocycles. The summed E-state index contributed by atoms with van der Waals surface area (Å²) in [6, 6.07) is 10.4. The maximum atomic E-state index is 11.7. The van der Waals surface area contributed by atoms with Gasteiger partial charge in [-0.1, -0.05) is 23.7 Å². The quantitative estimate of drug-likeness (QED) is 0.914. The van der Waals surface area contributed by atoms with Gasteiger partial charge < -0.3 is 14.5 Å². The van der Waals surface area contributed by atoms with E-state index in [4.69, 9.17) is 20.8 Å². The van der Waals surface area contributed by atoms with E-state index in [1.165, 1.54) is 0 Å². The van der Waals surface area contributed by atoms with Crippen molar-refractivity contribution in [3.05, 3.63) is 53.4 Å². The van der Waals surface area contributed by atoms with Gasteiger partial charge in [0.1, 0.15) is 11.5 Å². The van der Waals surface area contributed by atoms with Gasteiger partial charge in [0, 0.05) is 0 Å². The number of rotatable bonds is 5. The van der Waals surface area contributed by atoms with Crippen molar-refractivity contribution in [3.63, 3.8) is 0 Å². The van der Waals surface area contributed by atoms with Crippen molar-refractivity contribution in [1.29, 1.82) is 0 Å². The third-order valence-corrected chi connectivity index (χ3v) is 2.86. The number of furan rings is 1. The van der Waals surface area contributed by atoms with Crippen LogP contribution >= 0.6 is 11.6 Å². The van der Waals surface area contributed by atoms with Crippen molar-refractivity contribution < 1.29 is 13.9 Å². The summed E-state index contributed by atoms with van der Waals surface area (Å²) in [6.45, 7) is 1.75. The normalized spacial score (nSPS) is 11.9. The fourth-order valence-electron chi connectivity index (χ4n) is 1.60. The first-order valence-corrected chi connectivity index (χ1v) is 6.24. The highest BCUT2D eigenvalue weighted by Crippen LogP contribution is 2.22. The molecule has 1 aromatic heterocycles. The number of amides is 1. The van der Waals surface area contributed by atoms with E-state index in [9.17, 15) is 4.79 Å². The monoisotopic (exact) mass is 279 g/mol. The van der Waals surface area contributed by atoms with Gasteiger partial charge in [-0.25, -0.2) is 0 Å². The summed E-state index contributed by atoms with van der Waals surface area (Å²) in [6.07, 6.45) is 1.57. The molecular weight excluding hydrogens is 266 g/mol. The molecule has 1 aromatic carbocycles. The highest BCUT2D eigenvalue weighted by atomic mass is 35.5. The number of carbonyl (C=O) groups excluding carboxylic acids is 1. The van der Waals surface area contributed by atoms with Crippen molar-refractivity contribution in [2.24, 2.45) is 0 Å². The van der Waals surface area contributed by atoms with Gasteiger partial charge >= 0.3 is 0 Å². The number of nitrogens with one attached hydrogen (secondary N) is 1. The van der Waals surface area contributed by atoms with Gasteiger partial charge in [-0.05, 0) is 31.2 Å². The van der Waals surface area contributed by atoms with Gasteiger partial charge in [-0.2, -0.15) is 0 Å². The van der Waals surface area contributed by atoms with Crippen LogP contribution in [0.25, 0.3) is 0 Å². The molecule has 19 heavy (non-hydrogen) atoms. The number of halogens is 1. The first-order valence-electron chi connectivity index (χ1n) is 5.87. The topological polar surface area (TPSA) is 51.5 Å². The van der Waals surface area contributed by atoms with Gasteiger partial charge in [0.2, 0.25) is 0 Å². The van der Waals surface area contributed by atoms with Crippen LogP contribution in [-0.2, 0) is 4.79 Å². The third-order valence-electron chi connectivity index (χ3n) is 2.54. The SMILES string of the molecule is CC(NC(=O)COc1ccccc1Cl)c1ccco1. The average molecular weight is 280 g/mol. The Kier molecular flexibility index (Phi) is 4.47. The predicted molar refractivity (Wildman–Crippen MR) is 72.2 cm³/mol. The second-order valence-corrected chi connectivity index (χ2v) is 4.43. The minimum atomic E-state index is -0.233. The highest BCUT2D eigenvalue weighted by molar-refractivity contribution is 6.32. The van der Waals surface area contributed by atoms with Crippen molar-refractivity contribution in [1.82, 2.24) is 5.32 Å². The fraction of sp³-hybridized carbons (Fsp3) is 0.214. The lowest BCUT2D eigenvalue weighted by Crippen LogP contribution is -2.31. The second kappa shape index (κ2) is 6.29. The van der Waals surface area contributed by atoms with Crippen molar-refractivity contribution in [3.8, 4) is 5.75 Å². The number of benzene rings is 1. The molecule has 1 heterocycles. The fourth-order valence-corrected chi connectivity index (χ4v) is 1.79. The summed E-state index contributed by atoms with van der Waals surface area (Å²) >= 11 is 5.92. The molecule has 0 spiro atoms. The molecule has 1 amide bonds. The third kappa shape index (κ3) is 3.76. The molecular formula is C14H14ClNO3. The number of hydrogen-bond donors (Lipinski definition) is 1. The summed E-state index contributed by atoms with van der Waals surface area (Å²) in [5.41, 5.74) is 0. The summed E-state index contributed by atoms with van der Waals surface area (Å²) < 4.78 is 10.5. The summed E-state index contributed by atoms with van der Waals surface area (Å²) in [7, 11) is 0. The smallest absolute Gasteiger partial charge is 0.258 e. The van der Waals surface area contributed by atoms with Crippen molar-refractivity contribution in [2.45, 2.75) is 13.0 Å². The first-order chi connectivity index (χ1) is 9.16. The number of carbonyl (C=O) groups is 1. The van der Waals surface area contributed by atoms with Crippen LogP contribution in [0, 0.1) is 0 Å². The molecule has 1 N–H and O–H groups in total. The Labute approximate surface area is 116 Å². The molecule has 1 unspecified atom stereocenters. The van der Waals surface area contributed by atoms with Crippen molar-refractivity contribution in [2.75, 3.05) is 6.61 Å². The van der Waals surface area contributed by atoms with Gasteiger partial charge in [-0.3, -0.25) is 4.79 Å². The largest absolute Gasteiger partial charge is 0.482 e. The Bertz CT molecular complexity index is 539. The summed E-state index contributed by atoms with van der Waals surface area (Å²) in [4.78, 5) is 11.7. The van der Waals surface area contributed by atoms with Gasteiger partial charge in [0.15, 0.2) is 6.61 Å². The van der Waals surface area contributed by atoms with E-state index in [1.807, 2.05) is 6.92 Å². The lowest BCUT2D eigenvalue weighted by molar-refractivity contribution is -0.123. The number of para-hydroxylation sites is 1. The molecule has 0 aliphatic heterocycles. The molecule has 100 valence electrons. The van der Waals surface area contributed by atoms with E-state index in [1.54, 1.807) is 42.7 Å². The molecule has 1 atom stereocenters. The Morgan fingerprint density at radius 3 is 2.84 bits per heavy atom. The number of ether oxygens (including phenoxy) is 1. The van der Waals surface area contributed by atoms with Crippen LogP contribution in [-0.4, -0.2) is 12.5 Å². The zero-order chi connectivity index (χ0) is 13.7. The first kappa shape index (κ1) is 13.5. The van der Waals surface area contributed by atoms with E-state index in [-0.39, 0.29) is 18.6 Å². The Hall–Kier alpha value is -1.94. The molecule has 0 saturated heterocycles. The van der Waals surface area contributed by atoms with Crippen LogP contribution in [0.15, 0.2) is 47.1 Å². The summed E-state index contributed by atoms with van der Waals surface area (Å²) in [5, 5.41) is 3.25.